The van der Waals surface area contributed by atoms with E-state index >= 15 is 0 Å². The molecule has 0 aliphatic rings. The Balaban J connectivity index is 2.81. The molecule has 1 rings (SSSR count). The first-order valence-corrected chi connectivity index (χ1v) is 4.95. The molecule has 0 saturated carbocycles. The number of aliphatic hydroxyl groups excluding tert-OH is 3. The lowest BCUT2D eigenvalue weighted by atomic mass is 10.2. The molecule has 14 heavy (non-hydrogen) atoms. The van der Waals surface area contributed by atoms with Gasteiger partial charge in [0.2, 0.25) is 0 Å². The van der Waals surface area contributed by atoms with Crippen molar-refractivity contribution >= 4 is 17.1 Å². The van der Waals surface area contributed by atoms with Crippen LogP contribution in [-0.4, -0.2) is 33.8 Å². The Morgan fingerprint density at radius 2 is 2.14 bits per heavy atom. The Kier molecular flexibility index (Phi) is 3.77. The van der Waals surface area contributed by atoms with E-state index in [9.17, 15) is 9.90 Å². The van der Waals surface area contributed by atoms with Crippen LogP contribution in [0.15, 0.2) is 12.1 Å². The lowest BCUT2D eigenvalue weighted by Gasteiger charge is -2.13. The molecule has 2 unspecified atom stereocenters. The Bertz CT molecular complexity index is 320. The molecule has 4 nitrogen and oxygen atoms in total. The zero-order valence-electron chi connectivity index (χ0n) is 7.67. The van der Waals surface area contributed by atoms with Gasteiger partial charge in [-0.05, 0) is 19.1 Å². The maximum absolute atomic E-state index is 10.9. The summed E-state index contributed by atoms with van der Waals surface area (Å²) in [4.78, 5) is 12.0. The first-order chi connectivity index (χ1) is 6.56. The molecule has 1 heterocycles. The van der Waals surface area contributed by atoms with Crippen molar-refractivity contribution in [3.8, 4) is 0 Å². The van der Waals surface area contributed by atoms with Crippen LogP contribution in [0.4, 0.5) is 0 Å². The van der Waals surface area contributed by atoms with Crippen molar-refractivity contribution in [1.82, 2.24) is 0 Å². The molecule has 1 aromatic rings. The van der Waals surface area contributed by atoms with Crippen LogP contribution in [0.1, 0.15) is 27.6 Å². The summed E-state index contributed by atoms with van der Waals surface area (Å²) in [6, 6.07) is 3.17. The fourth-order valence-electron chi connectivity index (χ4n) is 0.990. The van der Waals surface area contributed by atoms with E-state index in [0.29, 0.717) is 9.75 Å². The van der Waals surface area contributed by atoms with Crippen molar-refractivity contribution < 1.29 is 20.1 Å². The molecule has 1 aromatic heterocycles. The quantitative estimate of drug-likeness (QED) is 0.634. The number of thiophene rings is 1. The molecule has 0 fully saturated rings. The second-order valence-corrected chi connectivity index (χ2v) is 4.07. The summed E-state index contributed by atoms with van der Waals surface area (Å²) in [5.41, 5.74) is 0. The second kappa shape index (κ2) is 4.65. The van der Waals surface area contributed by atoms with E-state index in [0.717, 1.165) is 11.3 Å². The third-order valence-electron chi connectivity index (χ3n) is 1.82. The fraction of sp³-hybridized carbons (Fsp3) is 0.444. The van der Waals surface area contributed by atoms with Gasteiger partial charge in [0.15, 0.2) is 5.78 Å². The van der Waals surface area contributed by atoms with E-state index in [4.69, 9.17) is 10.2 Å². The van der Waals surface area contributed by atoms with Crippen LogP contribution in [0.2, 0.25) is 0 Å². The molecule has 0 saturated heterocycles. The van der Waals surface area contributed by atoms with Gasteiger partial charge < -0.3 is 15.3 Å². The summed E-state index contributed by atoms with van der Waals surface area (Å²) in [7, 11) is 0. The molecule has 0 spiro atoms. The molecule has 2 atom stereocenters. The first kappa shape index (κ1) is 11.3. The molecule has 0 radical (unpaired) electrons. The lowest BCUT2D eigenvalue weighted by molar-refractivity contribution is -0.0135. The van der Waals surface area contributed by atoms with Gasteiger partial charge in [-0.1, -0.05) is 0 Å². The maximum Gasteiger partial charge on any atom is 0.169 e. The number of ketones is 1. The van der Waals surface area contributed by atoms with Crippen molar-refractivity contribution in [1.29, 1.82) is 0 Å². The normalized spacial score (nSPS) is 15.1. The molecule has 0 aliphatic carbocycles. The Hall–Kier alpha value is -0.750. The number of rotatable bonds is 4. The SMILES string of the molecule is CC(=O)c1ccc(C(O)C(O)CO)s1. The highest BCUT2D eigenvalue weighted by molar-refractivity contribution is 7.14. The molecular formula is C9H12O4S. The van der Waals surface area contributed by atoms with Crippen LogP contribution in [0, 0.1) is 0 Å². The topological polar surface area (TPSA) is 77.8 Å². The monoisotopic (exact) mass is 216 g/mol. The molecule has 0 amide bonds. The molecule has 0 aliphatic heterocycles. The Morgan fingerprint density at radius 3 is 2.57 bits per heavy atom. The van der Waals surface area contributed by atoms with Crippen LogP contribution < -0.4 is 0 Å². The third kappa shape index (κ3) is 2.39. The van der Waals surface area contributed by atoms with Gasteiger partial charge in [-0.2, -0.15) is 0 Å². The van der Waals surface area contributed by atoms with E-state index in [2.05, 4.69) is 0 Å². The summed E-state index contributed by atoms with van der Waals surface area (Å²) in [5.74, 6) is -0.0769. The molecule has 78 valence electrons. The highest BCUT2D eigenvalue weighted by Gasteiger charge is 2.19. The number of carbonyl (C=O) groups is 1. The average molecular weight is 216 g/mol. The van der Waals surface area contributed by atoms with E-state index < -0.39 is 18.8 Å². The molecule has 0 aromatic carbocycles. The first-order valence-electron chi connectivity index (χ1n) is 4.14. The predicted octanol–water partition coefficient (Wildman–Crippen LogP) is 0.337. The van der Waals surface area contributed by atoms with Gasteiger partial charge in [-0.25, -0.2) is 0 Å². The molecular weight excluding hydrogens is 204 g/mol. The smallest absolute Gasteiger partial charge is 0.169 e. The summed E-state index contributed by atoms with van der Waals surface area (Å²) in [6.07, 6.45) is -2.33. The zero-order valence-corrected chi connectivity index (χ0v) is 8.49. The van der Waals surface area contributed by atoms with Crippen molar-refractivity contribution in [3.05, 3.63) is 21.9 Å². The minimum atomic E-state index is -1.20. The number of aliphatic hydroxyl groups is 3. The van der Waals surface area contributed by atoms with Gasteiger partial charge in [-0.3, -0.25) is 4.79 Å². The van der Waals surface area contributed by atoms with Gasteiger partial charge >= 0.3 is 0 Å². The van der Waals surface area contributed by atoms with Gasteiger partial charge in [0.25, 0.3) is 0 Å². The van der Waals surface area contributed by atoms with Gasteiger partial charge in [-0.15, -0.1) is 11.3 Å². The highest BCUT2D eigenvalue weighted by Crippen LogP contribution is 2.25. The van der Waals surface area contributed by atoms with E-state index in [-0.39, 0.29) is 5.78 Å². The second-order valence-electron chi connectivity index (χ2n) is 2.95. The van der Waals surface area contributed by atoms with Crippen molar-refractivity contribution in [2.24, 2.45) is 0 Å². The largest absolute Gasteiger partial charge is 0.394 e. The number of carbonyl (C=O) groups excluding carboxylic acids is 1. The summed E-state index contributed by atoms with van der Waals surface area (Å²) >= 11 is 1.12. The van der Waals surface area contributed by atoms with Crippen molar-refractivity contribution in [3.63, 3.8) is 0 Å². The van der Waals surface area contributed by atoms with Crippen LogP contribution in [0.25, 0.3) is 0 Å². The van der Waals surface area contributed by atoms with E-state index in [1.165, 1.54) is 6.92 Å². The number of hydrogen-bond donors (Lipinski definition) is 3. The molecule has 5 heteroatoms. The number of hydrogen-bond acceptors (Lipinski definition) is 5. The van der Waals surface area contributed by atoms with Crippen LogP contribution in [0.3, 0.4) is 0 Å². The highest BCUT2D eigenvalue weighted by atomic mass is 32.1. The number of Topliss-reactive ketones (excluding diaryl/α,β-unsaturated/α-hetero) is 1. The maximum atomic E-state index is 10.9. The van der Waals surface area contributed by atoms with Crippen LogP contribution in [-0.2, 0) is 0 Å². The van der Waals surface area contributed by atoms with Crippen LogP contribution >= 0.6 is 11.3 Å². The van der Waals surface area contributed by atoms with E-state index in [1.54, 1.807) is 12.1 Å². The van der Waals surface area contributed by atoms with Gasteiger partial charge in [0, 0.05) is 4.88 Å². The van der Waals surface area contributed by atoms with Crippen molar-refractivity contribution in [2.75, 3.05) is 6.61 Å². The Morgan fingerprint density at radius 1 is 1.50 bits per heavy atom. The minimum absolute atomic E-state index is 0.0769. The Labute approximate surface area is 85.4 Å². The average Bonchev–Trinajstić information content (AvgIpc) is 2.64. The third-order valence-corrected chi connectivity index (χ3v) is 3.07. The van der Waals surface area contributed by atoms with Gasteiger partial charge in [0.05, 0.1) is 11.5 Å². The summed E-state index contributed by atoms with van der Waals surface area (Å²) in [6.45, 7) is 0.930. The van der Waals surface area contributed by atoms with Crippen LogP contribution in [0.5, 0.6) is 0 Å². The van der Waals surface area contributed by atoms with Gasteiger partial charge in [0.1, 0.15) is 12.2 Å². The summed E-state index contributed by atoms with van der Waals surface area (Å²) < 4.78 is 0. The lowest BCUT2D eigenvalue weighted by Crippen LogP contribution is -2.21. The predicted molar refractivity (Wildman–Crippen MR) is 52.4 cm³/mol. The zero-order chi connectivity index (χ0) is 10.7. The summed E-state index contributed by atoms with van der Waals surface area (Å²) in [5, 5.41) is 27.2. The standard InChI is InChI=1S/C9H12O4S/c1-5(11)7-2-3-8(14-7)9(13)6(12)4-10/h2-3,6,9-10,12-13H,4H2,1H3. The molecule has 0 bridgehead atoms. The van der Waals surface area contributed by atoms with E-state index in [1.807, 2.05) is 0 Å². The van der Waals surface area contributed by atoms with Crippen molar-refractivity contribution in [2.45, 2.75) is 19.1 Å². The minimum Gasteiger partial charge on any atom is -0.394 e. The molecule has 3 N–H and O–H groups in total. The fourth-order valence-corrected chi connectivity index (χ4v) is 1.94.